The molecule has 2 aliphatic carbocycles. The van der Waals surface area contributed by atoms with Crippen LogP contribution in [0, 0.1) is 0 Å². The summed E-state index contributed by atoms with van der Waals surface area (Å²) in [7, 11) is 0. The Hall–Kier alpha value is -1.81. The fourth-order valence-corrected chi connectivity index (χ4v) is 3.19. The van der Waals surface area contributed by atoms with E-state index in [9.17, 15) is 9.90 Å². The van der Waals surface area contributed by atoms with Crippen LogP contribution in [0.1, 0.15) is 50.5 Å². The van der Waals surface area contributed by atoms with Crippen molar-refractivity contribution in [1.29, 1.82) is 0 Å². The lowest BCUT2D eigenvalue weighted by Gasteiger charge is -2.31. The normalized spacial score (nSPS) is 25.1. The van der Waals surface area contributed by atoms with E-state index in [1.807, 2.05) is 24.3 Å². The van der Waals surface area contributed by atoms with Gasteiger partial charge < -0.3 is 15.2 Å². The van der Waals surface area contributed by atoms with E-state index in [0.717, 1.165) is 24.2 Å². The number of aliphatic hydroxyl groups is 1. The van der Waals surface area contributed by atoms with Gasteiger partial charge in [0.2, 0.25) is 5.91 Å². The number of benzene rings is 1. The average Bonchev–Trinajstić information content (AvgIpc) is 2.53. The zero-order chi connectivity index (χ0) is 16.1. The number of nitrogens with one attached hydrogen (secondary N) is 1. The predicted octanol–water partition coefficient (Wildman–Crippen LogP) is 3.05. The number of hydrogen-bond acceptors (Lipinski definition) is 3. The highest BCUT2D eigenvalue weighted by atomic mass is 16.5. The van der Waals surface area contributed by atoms with Crippen LogP contribution in [0.25, 0.3) is 6.08 Å². The van der Waals surface area contributed by atoms with Crippen LogP contribution in [0.5, 0.6) is 5.75 Å². The van der Waals surface area contributed by atoms with E-state index in [2.05, 4.69) is 5.32 Å². The van der Waals surface area contributed by atoms with Gasteiger partial charge in [-0.05, 0) is 62.3 Å². The summed E-state index contributed by atoms with van der Waals surface area (Å²) in [5, 5.41) is 12.1. The lowest BCUT2D eigenvalue weighted by molar-refractivity contribution is -0.118. The van der Waals surface area contributed by atoms with Crippen molar-refractivity contribution < 1.29 is 14.6 Å². The molecule has 0 aromatic heterocycles. The summed E-state index contributed by atoms with van der Waals surface area (Å²) < 4.78 is 6.04. The molecule has 0 spiro atoms. The Morgan fingerprint density at radius 1 is 1.22 bits per heavy atom. The first kappa shape index (κ1) is 16.1. The minimum Gasteiger partial charge on any atom is -0.490 e. The second-order valence-electron chi connectivity index (χ2n) is 6.61. The Morgan fingerprint density at radius 2 is 2.00 bits per heavy atom. The van der Waals surface area contributed by atoms with Crippen molar-refractivity contribution in [2.24, 2.45) is 0 Å². The van der Waals surface area contributed by atoms with Gasteiger partial charge in [-0.3, -0.25) is 4.79 Å². The fourth-order valence-electron chi connectivity index (χ4n) is 3.19. The van der Waals surface area contributed by atoms with Gasteiger partial charge in [0.1, 0.15) is 5.75 Å². The van der Waals surface area contributed by atoms with E-state index in [1.165, 1.54) is 19.3 Å². The molecule has 4 heteroatoms. The van der Waals surface area contributed by atoms with Gasteiger partial charge in [0.15, 0.2) is 0 Å². The summed E-state index contributed by atoms with van der Waals surface area (Å²) in [5.41, 5.74) is 0.960. The average molecular weight is 315 g/mol. The maximum atomic E-state index is 11.8. The van der Waals surface area contributed by atoms with Gasteiger partial charge in [0.25, 0.3) is 0 Å². The third kappa shape index (κ3) is 4.83. The van der Waals surface area contributed by atoms with Crippen LogP contribution < -0.4 is 10.1 Å². The van der Waals surface area contributed by atoms with Crippen molar-refractivity contribution in [2.75, 3.05) is 0 Å². The lowest BCUT2D eigenvalue weighted by atomic mass is 9.89. The van der Waals surface area contributed by atoms with Gasteiger partial charge in [-0.15, -0.1) is 0 Å². The summed E-state index contributed by atoms with van der Waals surface area (Å²) in [6, 6.07) is 7.98. The molecule has 4 nitrogen and oxygen atoms in total. The summed E-state index contributed by atoms with van der Waals surface area (Å²) in [6.45, 7) is 0. The van der Waals surface area contributed by atoms with E-state index < -0.39 is 0 Å². The van der Waals surface area contributed by atoms with Gasteiger partial charge in [-0.2, -0.15) is 0 Å². The third-order valence-corrected chi connectivity index (χ3v) is 4.60. The highest BCUT2D eigenvalue weighted by Crippen LogP contribution is 2.24. The third-order valence-electron chi connectivity index (χ3n) is 4.60. The smallest absolute Gasteiger partial charge is 0.244 e. The molecule has 1 aromatic rings. The standard InChI is InChI=1S/C19H25NO3/c21-16-12-15(13-16)20-19(22)10-9-14-5-4-8-18(11-14)23-17-6-2-1-3-7-17/h4-5,8-11,15-17,21H,1-3,6-7,12-13H2,(H,20,22)/b10-9+. The Morgan fingerprint density at radius 3 is 2.74 bits per heavy atom. The molecule has 2 N–H and O–H groups in total. The number of ether oxygens (including phenoxy) is 1. The summed E-state index contributed by atoms with van der Waals surface area (Å²) >= 11 is 0. The van der Waals surface area contributed by atoms with Gasteiger partial charge in [-0.1, -0.05) is 18.6 Å². The first-order valence-electron chi connectivity index (χ1n) is 8.62. The second-order valence-corrected chi connectivity index (χ2v) is 6.61. The molecule has 0 heterocycles. The second kappa shape index (κ2) is 7.64. The molecule has 0 unspecified atom stereocenters. The number of amides is 1. The van der Waals surface area contributed by atoms with Crippen LogP contribution in [-0.2, 0) is 4.79 Å². The topological polar surface area (TPSA) is 58.6 Å². The van der Waals surface area contributed by atoms with E-state index in [-0.39, 0.29) is 18.1 Å². The van der Waals surface area contributed by atoms with Crippen LogP contribution in [-0.4, -0.2) is 29.3 Å². The highest BCUT2D eigenvalue weighted by Gasteiger charge is 2.27. The maximum Gasteiger partial charge on any atom is 0.244 e. The molecular formula is C19H25NO3. The first-order valence-corrected chi connectivity index (χ1v) is 8.62. The summed E-state index contributed by atoms with van der Waals surface area (Å²) in [6.07, 6.45) is 10.8. The van der Waals surface area contributed by atoms with Gasteiger partial charge in [-0.25, -0.2) is 0 Å². The van der Waals surface area contributed by atoms with Crippen LogP contribution in [0.3, 0.4) is 0 Å². The maximum absolute atomic E-state index is 11.8. The molecule has 0 bridgehead atoms. The number of aliphatic hydroxyl groups excluding tert-OH is 1. The molecule has 124 valence electrons. The van der Waals surface area contributed by atoms with Crippen molar-refractivity contribution in [2.45, 2.75) is 63.2 Å². The number of carbonyl (C=O) groups excluding carboxylic acids is 1. The molecule has 0 radical (unpaired) electrons. The van der Waals surface area contributed by atoms with Crippen molar-refractivity contribution >= 4 is 12.0 Å². The Kier molecular flexibility index (Phi) is 5.34. The molecule has 2 aliphatic rings. The molecule has 0 saturated heterocycles. The minimum absolute atomic E-state index is 0.111. The molecule has 0 atom stereocenters. The predicted molar refractivity (Wildman–Crippen MR) is 90.1 cm³/mol. The minimum atomic E-state index is -0.252. The Labute approximate surface area is 137 Å². The lowest BCUT2D eigenvalue weighted by Crippen LogP contribution is -2.46. The fraction of sp³-hybridized carbons (Fsp3) is 0.526. The number of rotatable bonds is 5. The summed E-state index contributed by atoms with van der Waals surface area (Å²) in [5.74, 6) is 0.766. The molecule has 2 fully saturated rings. The quantitative estimate of drug-likeness (QED) is 0.821. The van der Waals surface area contributed by atoms with Crippen LogP contribution in [0.15, 0.2) is 30.3 Å². The van der Waals surface area contributed by atoms with Crippen molar-refractivity contribution in [3.05, 3.63) is 35.9 Å². The van der Waals surface area contributed by atoms with Crippen molar-refractivity contribution in [3.63, 3.8) is 0 Å². The Bertz CT molecular complexity index is 557. The SMILES string of the molecule is O=C(/C=C/c1cccc(OC2CCCCC2)c1)NC1CC(O)C1. The van der Waals surface area contributed by atoms with Crippen molar-refractivity contribution in [3.8, 4) is 5.75 Å². The van der Waals surface area contributed by atoms with Gasteiger partial charge in [0.05, 0.1) is 12.2 Å². The number of hydrogen-bond donors (Lipinski definition) is 2. The molecular weight excluding hydrogens is 290 g/mol. The number of carbonyl (C=O) groups is 1. The molecule has 1 aromatic carbocycles. The van der Waals surface area contributed by atoms with E-state index in [1.54, 1.807) is 12.2 Å². The van der Waals surface area contributed by atoms with E-state index in [4.69, 9.17) is 4.74 Å². The van der Waals surface area contributed by atoms with Crippen molar-refractivity contribution in [1.82, 2.24) is 5.32 Å². The van der Waals surface area contributed by atoms with Crippen LogP contribution >= 0.6 is 0 Å². The van der Waals surface area contributed by atoms with Crippen LogP contribution in [0.4, 0.5) is 0 Å². The van der Waals surface area contributed by atoms with E-state index in [0.29, 0.717) is 18.9 Å². The molecule has 23 heavy (non-hydrogen) atoms. The Balaban J connectivity index is 1.52. The summed E-state index contributed by atoms with van der Waals surface area (Å²) in [4.78, 5) is 11.8. The zero-order valence-electron chi connectivity index (χ0n) is 13.4. The molecule has 2 saturated carbocycles. The molecule has 0 aliphatic heterocycles. The van der Waals surface area contributed by atoms with Gasteiger partial charge in [0, 0.05) is 12.1 Å². The molecule has 3 rings (SSSR count). The monoisotopic (exact) mass is 315 g/mol. The largest absolute Gasteiger partial charge is 0.490 e. The molecule has 1 amide bonds. The highest BCUT2D eigenvalue weighted by molar-refractivity contribution is 5.92. The zero-order valence-corrected chi connectivity index (χ0v) is 13.4. The van der Waals surface area contributed by atoms with E-state index >= 15 is 0 Å². The first-order chi connectivity index (χ1) is 11.2. The van der Waals surface area contributed by atoms with Crippen LogP contribution in [0.2, 0.25) is 0 Å². The van der Waals surface area contributed by atoms with Gasteiger partial charge >= 0.3 is 0 Å².